The monoisotopic (exact) mass is 208 g/mol. The lowest BCUT2D eigenvalue weighted by molar-refractivity contribution is 0.110. The molecule has 0 saturated carbocycles. The quantitative estimate of drug-likeness (QED) is 0.594. The molecular weight excluding hydrogens is 192 g/mol. The van der Waals surface area contributed by atoms with Crippen molar-refractivity contribution in [1.82, 2.24) is 5.32 Å². The summed E-state index contributed by atoms with van der Waals surface area (Å²) in [5.74, 6) is 0. The molecule has 0 spiro atoms. The first-order valence-corrected chi connectivity index (χ1v) is 5.54. The van der Waals surface area contributed by atoms with Gasteiger partial charge in [-0.25, -0.2) is 4.79 Å². The van der Waals surface area contributed by atoms with Gasteiger partial charge in [-0.2, -0.15) is 0 Å². The second-order valence-corrected chi connectivity index (χ2v) is 5.74. The summed E-state index contributed by atoms with van der Waals surface area (Å²) in [7, 11) is 1.62. The third-order valence-corrected chi connectivity index (χ3v) is 4.65. The summed E-state index contributed by atoms with van der Waals surface area (Å²) in [5, 5.41) is 2.46. The molecule has 0 fully saturated rings. The highest BCUT2D eigenvalue weighted by Gasteiger charge is 2.45. The molecule has 1 atom stereocenters. The van der Waals surface area contributed by atoms with E-state index in [1.807, 2.05) is 0 Å². The summed E-state index contributed by atoms with van der Waals surface area (Å²) < 4.78 is 15.4. The number of hydrogen-bond donors (Lipinski definition) is 2. The van der Waals surface area contributed by atoms with Gasteiger partial charge in [-0.15, -0.1) is 0 Å². The van der Waals surface area contributed by atoms with Crippen molar-refractivity contribution in [1.29, 1.82) is 0 Å². The lowest BCUT2D eigenvalue weighted by atomic mass is 10.7. The molecular formula is C6H16N2O4Si. The minimum absolute atomic E-state index is 0.370. The Morgan fingerprint density at radius 2 is 1.69 bits per heavy atom. The summed E-state index contributed by atoms with van der Waals surface area (Å²) in [5.41, 5.74) is 4.59. The first-order valence-electron chi connectivity index (χ1n) is 3.73. The van der Waals surface area contributed by atoms with Crippen molar-refractivity contribution < 1.29 is 18.1 Å². The van der Waals surface area contributed by atoms with Crippen molar-refractivity contribution in [3.05, 3.63) is 0 Å². The van der Waals surface area contributed by atoms with Crippen LogP contribution in [-0.2, 0) is 13.3 Å². The highest BCUT2D eigenvalue weighted by atomic mass is 28.4. The predicted octanol–water partition coefficient (Wildman–Crippen LogP) is -0.539. The minimum atomic E-state index is -2.80. The summed E-state index contributed by atoms with van der Waals surface area (Å²) >= 11 is 0. The van der Waals surface area contributed by atoms with E-state index in [0.717, 1.165) is 0 Å². The smallest absolute Gasteiger partial charge is 0.376 e. The second-order valence-electron chi connectivity index (χ2n) is 2.45. The average molecular weight is 208 g/mol. The second kappa shape index (κ2) is 5.17. The van der Waals surface area contributed by atoms with Crippen molar-refractivity contribution in [2.24, 2.45) is 5.73 Å². The lowest BCUT2D eigenvalue weighted by Gasteiger charge is -2.29. The highest BCUT2D eigenvalue weighted by Crippen LogP contribution is 2.10. The fraction of sp³-hybridized carbons (Fsp3) is 0.833. The largest absolute Gasteiger partial charge is 0.523 e. The molecule has 13 heavy (non-hydrogen) atoms. The first-order chi connectivity index (χ1) is 6.02. The van der Waals surface area contributed by atoms with Crippen LogP contribution in [-0.4, -0.2) is 41.8 Å². The molecule has 7 heteroatoms. The van der Waals surface area contributed by atoms with Gasteiger partial charge in [-0.1, -0.05) is 0 Å². The number of amides is 2. The Kier molecular flexibility index (Phi) is 4.92. The molecule has 0 bridgehead atoms. The highest BCUT2D eigenvalue weighted by molar-refractivity contribution is 6.62. The summed E-state index contributed by atoms with van der Waals surface area (Å²) in [6.45, 7) is 1.72. The van der Waals surface area contributed by atoms with Crippen molar-refractivity contribution in [3.63, 3.8) is 0 Å². The number of rotatable bonds is 5. The van der Waals surface area contributed by atoms with Crippen LogP contribution in [0.1, 0.15) is 6.92 Å². The maximum atomic E-state index is 10.6. The van der Waals surface area contributed by atoms with Gasteiger partial charge < -0.3 is 24.3 Å². The Balaban J connectivity index is 4.43. The van der Waals surface area contributed by atoms with E-state index in [1.54, 1.807) is 6.92 Å². The van der Waals surface area contributed by atoms with Gasteiger partial charge in [0.15, 0.2) is 0 Å². The molecule has 0 aromatic carbocycles. The Bertz CT molecular complexity index is 166. The van der Waals surface area contributed by atoms with Crippen LogP contribution in [0.5, 0.6) is 0 Å². The number of urea groups is 1. The Morgan fingerprint density at radius 3 is 1.92 bits per heavy atom. The first kappa shape index (κ1) is 12.4. The van der Waals surface area contributed by atoms with E-state index in [1.165, 1.54) is 21.3 Å². The van der Waals surface area contributed by atoms with Gasteiger partial charge in [0, 0.05) is 21.3 Å². The SMILES string of the molecule is CO[Si](OC)(OC)C(C)NC(N)=O. The molecule has 6 nitrogen and oxygen atoms in total. The normalized spacial score (nSPS) is 13.8. The van der Waals surface area contributed by atoms with Crippen LogP contribution in [0.25, 0.3) is 0 Å². The van der Waals surface area contributed by atoms with Crippen molar-refractivity contribution in [2.75, 3.05) is 21.3 Å². The van der Waals surface area contributed by atoms with Crippen molar-refractivity contribution in [2.45, 2.75) is 12.6 Å². The van der Waals surface area contributed by atoms with E-state index in [4.69, 9.17) is 19.0 Å². The van der Waals surface area contributed by atoms with Gasteiger partial charge in [0.2, 0.25) is 0 Å². The minimum Gasteiger partial charge on any atom is -0.376 e. The molecule has 0 saturated heterocycles. The van der Waals surface area contributed by atoms with E-state index in [2.05, 4.69) is 5.32 Å². The molecule has 2 amide bonds. The molecule has 0 rings (SSSR count). The van der Waals surface area contributed by atoms with Gasteiger partial charge in [-0.05, 0) is 6.92 Å². The van der Waals surface area contributed by atoms with Crippen LogP contribution in [0.15, 0.2) is 0 Å². The molecule has 1 unspecified atom stereocenters. The van der Waals surface area contributed by atoms with Crippen LogP contribution in [0.2, 0.25) is 0 Å². The van der Waals surface area contributed by atoms with Crippen LogP contribution >= 0.6 is 0 Å². The summed E-state index contributed by atoms with van der Waals surface area (Å²) in [6, 6.07) is -0.629. The molecule has 0 heterocycles. The Morgan fingerprint density at radius 1 is 1.31 bits per heavy atom. The fourth-order valence-electron chi connectivity index (χ4n) is 1.08. The van der Waals surface area contributed by atoms with Crippen LogP contribution in [0.4, 0.5) is 4.79 Å². The zero-order valence-corrected chi connectivity index (χ0v) is 9.29. The zero-order valence-electron chi connectivity index (χ0n) is 8.29. The number of nitrogens with two attached hydrogens (primary N) is 1. The third-order valence-electron chi connectivity index (χ3n) is 1.74. The fourth-order valence-corrected chi connectivity index (χ4v) is 2.96. The molecule has 0 aromatic rings. The lowest BCUT2D eigenvalue weighted by Crippen LogP contribution is -2.60. The maximum absolute atomic E-state index is 10.6. The van der Waals surface area contributed by atoms with Gasteiger partial charge >= 0.3 is 14.8 Å². The number of nitrogens with one attached hydrogen (secondary N) is 1. The maximum Gasteiger partial charge on any atom is 0.523 e. The summed E-state index contributed by atoms with van der Waals surface area (Å²) in [6.07, 6.45) is 0. The topological polar surface area (TPSA) is 82.8 Å². The molecule has 0 aliphatic heterocycles. The van der Waals surface area contributed by atoms with Gasteiger partial charge in [0.1, 0.15) is 0 Å². The Labute approximate surface area is 78.7 Å². The number of hydrogen-bond acceptors (Lipinski definition) is 4. The average Bonchev–Trinajstić information content (AvgIpc) is 2.07. The van der Waals surface area contributed by atoms with Crippen LogP contribution < -0.4 is 11.1 Å². The summed E-state index contributed by atoms with van der Waals surface area (Å²) in [4.78, 5) is 10.6. The Hall–Kier alpha value is -0.633. The number of carbonyl (C=O) groups is 1. The molecule has 3 N–H and O–H groups in total. The standard InChI is InChI=1S/C6H16N2O4Si/c1-5(8-6(7)9)13(10-2,11-3)12-4/h5H,1-4H3,(H3,7,8,9). The number of primary amides is 1. The van der Waals surface area contributed by atoms with E-state index in [0.29, 0.717) is 0 Å². The van der Waals surface area contributed by atoms with Crippen LogP contribution in [0.3, 0.4) is 0 Å². The number of carbonyl (C=O) groups excluding carboxylic acids is 1. The molecule has 0 aliphatic rings. The zero-order chi connectivity index (χ0) is 10.5. The molecule has 78 valence electrons. The van der Waals surface area contributed by atoms with E-state index in [-0.39, 0.29) is 5.67 Å². The molecule has 0 aliphatic carbocycles. The van der Waals surface area contributed by atoms with Gasteiger partial charge in [0.25, 0.3) is 0 Å². The third kappa shape index (κ3) is 2.96. The van der Waals surface area contributed by atoms with Gasteiger partial charge in [-0.3, -0.25) is 0 Å². The van der Waals surface area contributed by atoms with E-state index < -0.39 is 14.8 Å². The molecule has 0 radical (unpaired) electrons. The van der Waals surface area contributed by atoms with Crippen molar-refractivity contribution in [3.8, 4) is 0 Å². The van der Waals surface area contributed by atoms with E-state index in [9.17, 15) is 4.79 Å². The van der Waals surface area contributed by atoms with Crippen molar-refractivity contribution >= 4 is 14.8 Å². The van der Waals surface area contributed by atoms with E-state index >= 15 is 0 Å². The van der Waals surface area contributed by atoms with Crippen LogP contribution in [0, 0.1) is 0 Å². The predicted molar refractivity (Wildman–Crippen MR) is 49.0 cm³/mol. The van der Waals surface area contributed by atoms with Gasteiger partial charge in [0.05, 0.1) is 5.67 Å². The molecule has 0 aromatic heterocycles.